The fourth-order valence-electron chi connectivity index (χ4n) is 4.41. The van der Waals surface area contributed by atoms with Gasteiger partial charge < -0.3 is 14.4 Å². The third-order valence-corrected chi connectivity index (χ3v) is 5.90. The van der Waals surface area contributed by atoms with E-state index in [4.69, 9.17) is 9.47 Å². The highest BCUT2D eigenvalue weighted by molar-refractivity contribution is 5.93. The zero-order valence-corrected chi connectivity index (χ0v) is 15.2. The molecule has 0 unspecified atom stereocenters. The molecule has 7 nitrogen and oxygen atoms in total. The molecule has 1 aliphatic heterocycles. The molecule has 1 aromatic carbocycles. The molecule has 2 aliphatic rings. The van der Waals surface area contributed by atoms with Crippen LogP contribution in [-0.2, 0) is 9.47 Å². The van der Waals surface area contributed by atoms with Gasteiger partial charge in [0.1, 0.15) is 0 Å². The summed E-state index contributed by atoms with van der Waals surface area (Å²) in [5, 5.41) is 8.09. The Bertz CT molecular complexity index is 778. The van der Waals surface area contributed by atoms with Gasteiger partial charge in [-0.1, -0.05) is 23.4 Å². The molecule has 1 aromatic heterocycles. The molecule has 1 saturated carbocycles. The van der Waals surface area contributed by atoms with E-state index in [2.05, 4.69) is 10.3 Å². The summed E-state index contributed by atoms with van der Waals surface area (Å²) in [7, 11) is 3.49. The van der Waals surface area contributed by atoms with Crippen molar-refractivity contribution in [2.45, 2.75) is 43.4 Å². The highest BCUT2D eigenvalue weighted by Crippen LogP contribution is 2.43. The summed E-state index contributed by atoms with van der Waals surface area (Å²) in [5.74, 6) is -0.0560. The molecule has 26 heavy (non-hydrogen) atoms. The average Bonchev–Trinajstić information content (AvgIpc) is 3.33. The second-order valence-electron chi connectivity index (χ2n) is 7.03. The first-order valence-electron chi connectivity index (χ1n) is 9.03. The second-order valence-corrected chi connectivity index (χ2v) is 7.03. The third kappa shape index (κ3) is 2.71. The number of rotatable bonds is 4. The van der Waals surface area contributed by atoms with E-state index in [1.807, 2.05) is 35.2 Å². The number of carbonyl (C=O) groups excluding carboxylic acids is 1. The van der Waals surface area contributed by atoms with Crippen molar-refractivity contribution in [3.63, 3.8) is 0 Å². The highest BCUT2D eigenvalue weighted by Gasteiger charge is 2.53. The van der Waals surface area contributed by atoms with Gasteiger partial charge in [0.15, 0.2) is 5.69 Å². The number of fused-ring (bicyclic) bond motifs is 1. The number of benzene rings is 1. The number of methoxy groups -OCH3 is 2. The van der Waals surface area contributed by atoms with Crippen molar-refractivity contribution in [3.05, 3.63) is 42.2 Å². The van der Waals surface area contributed by atoms with Gasteiger partial charge in [-0.15, -0.1) is 5.10 Å². The Morgan fingerprint density at radius 1 is 1.23 bits per heavy atom. The Hall–Kier alpha value is -2.25. The first kappa shape index (κ1) is 17.2. The minimum Gasteiger partial charge on any atom is -0.381 e. The summed E-state index contributed by atoms with van der Waals surface area (Å²) in [6, 6.07) is 9.61. The van der Waals surface area contributed by atoms with Crippen LogP contribution in [0.4, 0.5) is 0 Å². The molecule has 0 radical (unpaired) electrons. The molecule has 3 atom stereocenters. The molecule has 7 heteroatoms. The van der Waals surface area contributed by atoms with Crippen LogP contribution in [0.25, 0.3) is 5.69 Å². The Labute approximate surface area is 152 Å². The zero-order valence-electron chi connectivity index (χ0n) is 15.2. The monoisotopic (exact) mass is 356 g/mol. The number of ether oxygens (including phenoxy) is 2. The summed E-state index contributed by atoms with van der Waals surface area (Å²) in [6.45, 7) is 0.674. The van der Waals surface area contributed by atoms with Crippen LogP contribution < -0.4 is 0 Å². The van der Waals surface area contributed by atoms with Crippen molar-refractivity contribution in [1.29, 1.82) is 0 Å². The normalized spacial score (nSPS) is 28.2. The van der Waals surface area contributed by atoms with Gasteiger partial charge in [0.25, 0.3) is 5.91 Å². The fraction of sp³-hybridized carbons (Fsp3) is 0.526. The SMILES string of the molecule is CO[C@@H]1CC[C@@]2(OC)CCN(C(=O)c3cnnn3-c3ccccc3)[C@H]2C1. The van der Waals surface area contributed by atoms with Crippen molar-refractivity contribution >= 4 is 5.91 Å². The van der Waals surface area contributed by atoms with Crippen molar-refractivity contribution in [1.82, 2.24) is 19.9 Å². The van der Waals surface area contributed by atoms with Crippen LogP contribution in [0.15, 0.2) is 36.5 Å². The topological polar surface area (TPSA) is 69.5 Å². The van der Waals surface area contributed by atoms with Gasteiger partial charge in [-0.3, -0.25) is 4.79 Å². The molecule has 138 valence electrons. The van der Waals surface area contributed by atoms with E-state index < -0.39 is 0 Å². The Kier molecular flexibility index (Phi) is 4.50. The Balaban J connectivity index is 1.64. The fourth-order valence-corrected chi connectivity index (χ4v) is 4.41. The third-order valence-electron chi connectivity index (χ3n) is 5.90. The highest BCUT2D eigenvalue weighted by atomic mass is 16.5. The molecular weight excluding hydrogens is 332 g/mol. The van der Waals surface area contributed by atoms with Gasteiger partial charge in [-0.05, 0) is 37.8 Å². The molecule has 1 aliphatic carbocycles. The molecular formula is C19H24N4O3. The van der Waals surface area contributed by atoms with Crippen molar-refractivity contribution in [2.24, 2.45) is 0 Å². The van der Waals surface area contributed by atoms with Crippen LogP contribution in [0.5, 0.6) is 0 Å². The van der Waals surface area contributed by atoms with Gasteiger partial charge in [-0.25, -0.2) is 4.68 Å². The lowest BCUT2D eigenvalue weighted by Gasteiger charge is -2.43. The van der Waals surface area contributed by atoms with E-state index in [-0.39, 0.29) is 23.7 Å². The van der Waals surface area contributed by atoms with Crippen molar-refractivity contribution < 1.29 is 14.3 Å². The van der Waals surface area contributed by atoms with E-state index in [1.165, 1.54) is 0 Å². The molecule has 1 saturated heterocycles. The predicted molar refractivity (Wildman–Crippen MR) is 95.2 cm³/mol. The predicted octanol–water partition coefficient (Wildman–Crippen LogP) is 2.07. The number of nitrogens with zero attached hydrogens (tertiary/aromatic N) is 4. The number of hydrogen-bond donors (Lipinski definition) is 0. The van der Waals surface area contributed by atoms with Crippen molar-refractivity contribution in [3.8, 4) is 5.69 Å². The molecule has 1 amide bonds. The van der Waals surface area contributed by atoms with Crippen LogP contribution in [0, 0.1) is 0 Å². The molecule has 2 aromatic rings. The number of carbonyl (C=O) groups is 1. The largest absolute Gasteiger partial charge is 0.381 e. The number of amides is 1. The second kappa shape index (κ2) is 6.81. The first-order valence-corrected chi connectivity index (χ1v) is 9.03. The van der Waals surface area contributed by atoms with Gasteiger partial charge in [-0.2, -0.15) is 0 Å². The Morgan fingerprint density at radius 3 is 2.77 bits per heavy atom. The maximum Gasteiger partial charge on any atom is 0.274 e. The quantitative estimate of drug-likeness (QED) is 0.839. The minimum absolute atomic E-state index is 0.0119. The van der Waals surface area contributed by atoms with E-state index in [0.717, 1.165) is 31.4 Å². The van der Waals surface area contributed by atoms with Crippen LogP contribution in [-0.4, -0.2) is 64.3 Å². The molecule has 2 heterocycles. The molecule has 0 spiro atoms. The zero-order chi connectivity index (χ0) is 18.1. The summed E-state index contributed by atoms with van der Waals surface area (Å²) >= 11 is 0. The van der Waals surface area contributed by atoms with E-state index in [0.29, 0.717) is 12.2 Å². The first-order chi connectivity index (χ1) is 12.7. The van der Waals surface area contributed by atoms with E-state index >= 15 is 0 Å². The van der Waals surface area contributed by atoms with Crippen LogP contribution in [0.3, 0.4) is 0 Å². The van der Waals surface area contributed by atoms with Gasteiger partial charge in [0.2, 0.25) is 0 Å². The lowest BCUT2D eigenvalue weighted by atomic mass is 9.79. The summed E-state index contributed by atoms with van der Waals surface area (Å²) in [4.78, 5) is 15.3. The maximum absolute atomic E-state index is 13.3. The van der Waals surface area contributed by atoms with Crippen LogP contribution in [0.1, 0.15) is 36.2 Å². The van der Waals surface area contributed by atoms with Gasteiger partial charge in [0.05, 0.1) is 29.6 Å². The molecule has 0 bridgehead atoms. The van der Waals surface area contributed by atoms with Crippen molar-refractivity contribution in [2.75, 3.05) is 20.8 Å². The van der Waals surface area contributed by atoms with Crippen LogP contribution >= 0.6 is 0 Å². The number of para-hydroxylation sites is 1. The lowest BCUT2D eigenvalue weighted by molar-refractivity contribution is -0.0894. The number of hydrogen-bond acceptors (Lipinski definition) is 5. The summed E-state index contributed by atoms with van der Waals surface area (Å²) in [5.41, 5.74) is 1.03. The number of aromatic nitrogens is 3. The summed E-state index contributed by atoms with van der Waals surface area (Å²) in [6.07, 6.45) is 5.22. The van der Waals surface area contributed by atoms with E-state index in [9.17, 15) is 4.79 Å². The minimum atomic E-state index is -0.268. The standard InChI is InChI=1S/C19H24N4O3/c1-25-15-8-9-19(26-2)10-11-22(17(19)12-15)18(24)16-13-20-21-23(16)14-6-4-3-5-7-14/h3-7,13,15,17H,8-12H2,1-2H3/t15-,17+,19-/m1/s1. The number of likely N-dealkylation sites (tertiary alicyclic amines) is 1. The van der Waals surface area contributed by atoms with E-state index in [1.54, 1.807) is 25.1 Å². The average molecular weight is 356 g/mol. The van der Waals surface area contributed by atoms with Gasteiger partial charge >= 0.3 is 0 Å². The van der Waals surface area contributed by atoms with Gasteiger partial charge in [0, 0.05) is 20.8 Å². The maximum atomic E-state index is 13.3. The Morgan fingerprint density at radius 2 is 2.04 bits per heavy atom. The van der Waals surface area contributed by atoms with Crippen LogP contribution in [0.2, 0.25) is 0 Å². The molecule has 0 N–H and O–H groups in total. The lowest BCUT2D eigenvalue weighted by Crippen LogP contribution is -2.53. The smallest absolute Gasteiger partial charge is 0.274 e. The summed E-state index contributed by atoms with van der Waals surface area (Å²) < 4.78 is 13.1. The molecule has 2 fully saturated rings. The molecule has 4 rings (SSSR count).